The Kier molecular flexibility index (Phi) is 14.3. The maximum atomic E-state index is 9.00. The van der Waals surface area contributed by atoms with Crippen molar-refractivity contribution in [3.05, 3.63) is 60.9 Å². The number of allylic oxidation sites excluding steroid dienone is 9. The van der Waals surface area contributed by atoms with Crippen LogP contribution in [-0.4, -0.2) is 29.5 Å². The maximum absolute atomic E-state index is 9.00. The van der Waals surface area contributed by atoms with Crippen molar-refractivity contribution in [2.75, 3.05) is 13.2 Å². The van der Waals surface area contributed by atoms with Crippen molar-refractivity contribution in [1.29, 1.82) is 0 Å². The zero-order valence-electron chi connectivity index (χ0n) is 12.2. The lowest BCUT2D eigenvalue weighted by Gasteiger charge is -2.04. The highest BCUT2D eigenvalue weighted by Gasteiger charge is 1.98. The van der Waals surface area contributed by atoms with Crippen molar-refractivity contribution in [1.82, 2.24) is 0 Å². The van der Waals surface area contributed by atoms with E-state index in [-0.39, 0.29) is 13.2 Å². The van der Waals surface area contributed by atoms with E-state index in [2.05, 4.69) is 19.1 Å². The first-order chi connectivity index (χ1) is 9.81. The van der Waals surface area contributed by atoms with Gasteiger partial charge in [-0.2, -0.15) is 0 Å². The van der Waals surface area contributed by atoms with Gasteiger partial charge in [-0.25, -0.2) is 0 Å². The molecule has 0 aromatic carbocycles. The minimum absolute atomic E-state index is 0.101. The highest BCUT2D eigenvalue weighted by molar-refractivity contribution is 5.17. The zero-order chi connectivity index (χ0) is 14.9. The molecule has 0 aliphatic rings. The Morgan fingerprint density at radius 3 is 2.15 bits per heavy atom. The largest absolute Gasteiger partial charge is 0.498 e. The van der Waals surface area contributed by atoms with E-state index < -0.39 is 6.10 Å². The molecule has 0 aliphatic carbocycles. The lowest BCUT2D eigenvalue weighted by molar-refractivity contribution is 0.0384. The van der Waals surface area contributed by atoms with Crippen molar-refractivity contribution in [2.24, 2.45) is 0 Å². The topological polar surface area (TPSA) is 49.7 Å². The van der Waals surface area contributed by atoms with E-state index >= 15 is 0 Å². The molecule has 0 bridgehead atoms. The average molecular weight is 278 g/mol. The predicted molar refractivity (Wildman–Crippen MR) is 84.3 cm³/mol. The molecule has 0 aromatic rings. The molecule has 0 radical (unpaired) electrons. The van der Waals surface area contributed by atoms with E-state index in [4.69, 9.17) is 14.9 Å². The van der Waals surface area contributed by atoms with Gasteiger partial charge < -0.3 is 14.9 Å². The van der Waals surface area contributed by atoms with Gasteiger partial charge in [0.15, 0.2) is 0 Å². The van der Waals surface area contributed by atoms with Crippen LogP contribution in [0.1, 0.15) is 26.2 Å². The van der Waals surface area contributed by atoms with Crippen molar-refractivity contribution >= 4 is 0 Å². The summed E-state index contributed by atoms with van der Waals surface area (Å²) in [5.41, 5.74) is 0. The smallest absolute Gasteiger partial charge is 0.115 e. The van der Waals surface area contributed by atoms with Crippen LogP contribution < -0.4 is 0 Å². The van der Waals surface area contributed by atoms with Crippen LogP contribution in [0.25, 0.3) is 0 Å². The van der Waals surface area contributed by atoms with Crippen LogP contribution >= 0.6 is 0 Å². The Balaban J connectivity index is 3.63. The van der Waals surface area contributed by atoms with Crippen LogP contribution in [0.3, 0.4) is 0 Å². The van der Waals surface area contributed by atoms with Gasteiger partial charge in [0.05, 0.1) is 12.9 Å². The molecule has 0 heterocycles. The second-order valence-corrected chi connectivity index (χ2v) is 4.22. The molecule has 3 heteroatoms. The molecule has 0 aromatic heterocycles. The first-order valence-electron chi connectivity index (χ1n) is 7.03. The number of hydrogen-bond donors (Lipinski definition) is 2. The van der Waals surface area contributed by atoms with E-state index in [0.717, 1.165) is 6.42 Å². The third kappa shape index (κ3) is 14.5. The highest BCUT2D eigenvalue weighted by Crippen LogP contribution is 1.95. The third-order valence-corrected chi connectivity index (χ3v) is 2.31. The molecule has 0 spiro atoms. The fourth-order valence-electron chi connectivity index (χ4n) is 1.20. The predicted octanol–water partition coefficient (Wildman–Crippen LogP) is 3.28. The number of ether oxygens (including phenoxy) is 1. The quantitative estimate of drug-likeness (QED) is 0.346. The normalized spacial score (nSPS) is 14.6. The maximum Gasteiger partial charge on any atom is 0.115 e. The minimum atomic E-state index is -0.820. The molecule has 0 saturated heterocycles. The van der Waals surface area contributed by atoms with Gasteiger partial charge in [-0.1, -0.05) is 68.4 Å². The molecular weight excluding hydrogens is 252 g/mol. The molecule has 3 nitrogen and oxygen atoms in total. The molecule has 0 aliphatic heterocycles. The van der Waals surface area contributed by atoms with Crippen LogP contribution in [0.4, 0.5) is 0 Å². The van der Waals surface area contributed by atoms with E-state index in [9.17, 15) is 0 Å². The van der Waals surface area contributed by atoms with E-state index in [1.807, 2.05) is 36.5 Å². The molecule has 20 heavy (non-hydrogen) atoms. The molecule has 1 unspecified atom stereocenters. The van der Waals surface area contributed by atoms with Crippen LogP contribution in [0, 0.1) is 0 Å². The number of aliphatic hydroxyl groups is 2. The summed E-state index contributed by atoms with van der Waals surface area (Å²) in [7, 11) is 0. The van der Waals surface area contributed by atoms with Crippen molar-refractivity contribution < 1.29 is 14.9 Å². The Morgan fingerprint density at radius 1 is 0.950 bits per heavy atom. The second kappa shape index (κ2) is 15.5. The summed E-state index contributed by atoms with van der Waals surface area (Å²) in [6.07, 6.45) is 21.8. The lowest BCUT2D eigenvalue weighted by atomic mass is 10.2. The van der Waals surface area contributed by atoms with Gasteiger partial charge in [0, 0.05) is 0 Å². The standard InChI is InChI=1S/C17H26O3/c1-2-3-4-5-6-7-8-9-10-11-12-13-14-20-16-17(19)15-18/h5-14,17-19H,2-4,15-16H2,1H3. The Hall–Kier alpha value is -1.58. The number of hydrogen-bond acceptors (Lipinski definition) is 3. The molecule has 0 fully saturated rings. The molecule has 0 amide bonds. The van der Waals surface area contributed by atoms with E-state index in [0.29, 0.717) is 0 Å². The summed E-state index contributed by atoms with van der Waals surface area (Å²) in [5, 5.41) is 17.5. The van der Waals surface area contributed by atoms with Gasteiger partial charge in [-0.15, -0.1) is 0 Å². The Labute approximate surface area is 122 Å². The Morgan fingerprint density at radius 2 is 1.55 bits per heavy atom. The molecule has 2 N–H and O–H groups in total. The fraction of sp³-hybridized carbons (Fsp3) is 0.412. The number of unbranched alkanes of at least 4 members (excludes halogenated alkanes) is 2. The number of aliphatic hydroxyl groups excluding tert-OH is 2. The van der Waals surface area contributed by atoms with Gasteiger partial charge in [0.1, 0.15) is 12.7 Å². The first-order valence-corrected chi connectivity index (χ1v) is 7.03. The monoisotopic (exact) mass is 278 g/mol. The van der Waals surface area contributed by atoms with Gasteiger partial charge >= 0.3 is 0 Å². The van der Waals surface area contributed by atoms with E-state index in [1.165, 1.54) is 19.1 Å². The van der Waals surface area contributed by atoms with Crippen molar-refractivity contribution in [3.8, 4) is 0 Å². The Bertz CT molecular complexity index is 338. The van der Waals surface area contributed by atoms with Crippen LogP contribution in [-0.2, 0) is 4.74 Å². The summed E-state index contributed by atoms with van der Waals surface area (Å²) in [6.45, 7) is 2.00. The summed E-state index contributed by atoms with van der Waals surface area (Å²) >= 11 is 0. The van der Waals surface area contributed by atoms with Gasteiger partial charge in [0.25, 0.3) is 0 Å². The third-order valence-electron chi connectivity index (χ3n) is 2.31. The SMILES string of the molecule is CCCCC=CC=CC=CC=CC=COCC(O)CO. The molecule has 112 valence electrons. The van der Waals surface area contributed by atoms with Gasteiger partial charge in [-0.3, -0.25) is 0 Å². The van der Waals surface area contributed by atoms with Gasteiger partial charge in [-0.05, 0) is 12.5 Å². The average Bonchev–Trinajstić information content (AvgIpc) is 2.47. The number of rotatable bonds is 11. The lowest BCUT2D eigenvalue weighted by Crippen LogP contribution is -2.17. The van der Waals surface area contributed by atoms with Crippen LogP contribution in [0.5, 0.6) is 0 Å². The first kappa shape index (κ1) is 18.4. The highest BCUT2D eigenvalue weighted by atomic mass is 16.5. The fourth-order valence-corrected chi connectivity index (χ4v) is 1.20. The van der Waals surface area contributed by atoms with Gasteiger partial charge in [0.2, 0.25) is 0 Å². The van der Waals surface area contributed by atoms with Crippen molar-refractivity contribution in [3.63, 3.8) is 0 Å². The van der Waals surface area contributed by atoms with Crippen LogP contribution in [0.15, 0.2) is 60.9 Å². The molecule has 0 saturated carbocycles. The summed E-state index contributed by atoms with van der Waals surface area (Å²) in [6, 6.07) is 0. The van der Waals surface area contributed by atoms with Crippen LogP contribution in [0.2, 0.25) is 0 Å². The summed E-state index contributed by atoms with van der Waals surface area (Å²) in [5.74, 6) is 0. The second-order valence-electron chi connectivity index (χ2n) is 4.22. The molecular formula is C17H26O3. The minimum Gasteiger partial charge on any atom is -0.498 e. The molecule has 1 atom stereocenters. The van der Waals surface area contributed by atoms with Crippen molar-refractivity contribution in [2.45, 2.75) is 32.3 Å². The zero-order valence-corrected chi connectivity index (χ0v) is 12.2. The molecule has 0 rings (SSSR count). The summed E-state index contributed by atoms with van der Waals surface area (Å²) < 4.78 is 4.99. The van der Waals surface area contributed by atoms with E-state index in [1.54, 1.807) is 6.08 Å². The summed E-state index contributed by atoms with van der Waals surface area (Å²) in [4.78, 5) is 0.